The van der Waals surface area contributed by atoms with E-state index >= 15 is 0 Å². The summed E-state index contributed by atoms with van der Waals surface area (Å²) in [7, 11) is 0. The van der Waals surface area contributed by atoms with Crippen LogP contribution < -0.4 is 5.73 Å². The molecule has 1 aromatic carbocycles. The van der Waals surface area contributed by atoms with E-state index in [9.17, 15) is 4.39 Å². The average Bonchev–Trinajstić information content (AvgIpc) is 2.76. The summed E-state index contributed by atoms with van der Waals surface area (Å²) in [5, 5.41) is 0. The summed E-state index contributed by atoms with van der Waals surface area (Å²) >= 11 is 4.93. The maximum Gasteiger partial charge on any atom is 0.124 e. The zero-order valence-electron chi connectivity index (χ0n) is 11.5. The van der Waals surface area contributed by atoms with Gasteiger partial charge in [0.05, 0.1) is 0 Å². The zero-order valence-corrected chi connectivity index (χ0v) is 12.3. The quantitative estimate of drug-likeness (QED) is 0.859. The van der Waals surface area contributed by atoms with Crippen LogP contribution in [-0.4, -0.2) is 22.5 Å². The summed E-state index contributed by atoms with van der Waals surface area (Å²) in [4.78, 5) is 2.69. The van der Waals surface area contributed by atoms with Crippen LogP contribution in [0, 0.1) is 11.7 Å². The van der Waals surface area contributed by atoms with Crippen molar-refractivity contribution in [2.45, 2.75) is 39.3 Å². The van der Waals surface area contributed by atoms with Gasteiger partial charge in [-0.2, -0.15) is 0 Å². The molecule has 2 rings (SSSR count). The number of thiocarbonyl (C=S) groups is 1. The van der Waals surface area contributed by atoms with Crippen molar-refractivity contribution in [1.82, 2.24) is 4.90 Å². The molecular weight excluding hydrogens is 259 g/mol. The Morgan fingerprint density at radius 2 is 2.21 bits per heavy atom. The Morgan fingerprint density at radius 3 is 2.84 bits per heavy atom. The molecule has 19 heavy (non-hydrogen) atoms. The molecule has 0 spiro atoms. The Morgan fingerprint density at radius 1 is 1.47 bits per heavy atom. The number of nitrogens with two attached hydrogens (primary N) is 1. The fourth-order valence-corrected chi connectivity index (χ4v) is 3.04. The molecule has 1 heterocycles. The van der Waals surface area contributed by atoms with Crippen LogP contribution in [0.3, 0.4) is 0 Å². The van der Waals surface area contributed by atoms with Crippen LogP contribution in [-0.2, 0) is 6.54 Å². The molecule has 1 fully saturated rings. The average molecular weight is 280 g/mol. The first-order valence-corrected chi connectivity index (χ1v) is 7.21. The Hall–Kier alpha value is -1.00. The number of nitrogens with zero attached hydrogens (tertiary/aromatic N) is 1. The molecule has 0 amide bonds. The Bertz CT molecular complexity index is 473. The monoisotopic (exact) mass is 280 g/mol. The number of rotatable bonds is 4. The van der Waals surface area contributed by atoms with E-state index in [4.69, 9.17) is 18.0 Å². The van der Waals surface area contributed by atoms with Crippen molar-refractivity contribution in [3.8, 4) is 0 Å². The van der Waals surface area contributed by atoms with Gasteiger partial charge in [0, 0.05) is 18.2 Å². The molecule has 1 aliphatic heterocycles. The fourth-order valence-electron chi connectivity index (χ4n) is 2.92. The van der Waals surface area contributed by atoms with Crippen molar-refractivity contribution in [2.75, 3.05) is 6.54 Å². The normalized spacial score (nSPS) is 20.1. The highest BCUT2D eigenvalue weighted by Crippen LogP contribution is 2.26. The van der Waals surface area contributed by atoms with Crippen LogP contribution in [0.15, 0.2) is 18.2 Å². The number of likely N-dealkylation sites (tertiary alicyclic amines) is 1. The van der Waals surface area contributed by atoms with Gasteiger partial charge in [-0.25, -0.2) is 4.39 Å². The molecule has 104 valence electrons. The third kappa shape index (κ3) is 3.51. The highest BCUT2D eigenvalue weighted by atomic mass is 32.1. The molecular formula is C15H21FN2S. The topological polar surface area (TPSA) is 29.3 Å². The van der Waals surface area contributed by atoms with Crippen molar-refractivity contribution in [2.24, 2.45) is 11.7 Å². The van der Waals surface area contributed by atoms with Crippen molar-refractivity contribution in [3.63, 3.8) is 0 Å². The van der Waals surface area contributed by atoms with Crippen molar-refractivity contribution >= 4 is 17.2 Å². The van der Waals surface area contributed by atoms with E-state index in [0.29, 0.717) is 17.5 Å². The Balaban J connectivity index is 2.16. The number of halogens is 1. The van der Waals surface area contributed by atoms with Gasteiger partial charge in [-0.05, 0) is 49.1 Å². The Kier molecular flexibility index (Phi) is 4.53. The van der Waals surface area contributed by atoms with E-state index in [1.54, 1.807) is 6.07 Å². The maximum atomic E-state index is 13.6. The van der Waals surface area contributed by atoms with Gasteiger partial charge in [0.25, 0.3) is 0 Å². The second-order valence-electron chi connectivity index (χ2n) is 5.64. The van der Waals surface area contributed by atoms with Gasteiger partial charge >= 0.3 is 0 Å². The molecule has 1 saturated heterocycles. The lowest BCUT2D eigenvalue weighted by Crippen LogP contribution is -2.32. The molecule has 1 atom stereocenters. The second kappa shape index (κ2) is 5.97. The molecule has 0 radical (unpaired) electrons. The number of hydrogen-bond donors (Lipinski definition) is 1. The van der Waals surface area contributed by atoms with Gasteiger partial charge in [0.1, 0.15) is 10.8 Å². The smallest absolute Gasteiger partial charge is 0.124 e. The Labute approximate surface area is 119 Å². The first-order chi connectivity index (χ1) is 8.97. The second-order valence-corrected chi connectivity index (χ2v) is 6.08. The molecule has 0 saturated carbocycles. The largest absolute Gasteiger partial charge is 0.389 e. The van der Waals surface area contributed by atoms with Gasteiger partial charge in [0.15, 0.2) is 0 Å². The van der Waals surface area contributed by atoms with Crippen LogP contribution >= 0.6 is 12.2 Å². The van der Waals surface area contributed by atoms with Gasteiger partial charge in [-0.3, -0.25) is 4.90 Å². The third-order valence-corrected chi connectivity index (χ3v) is 4.05. The summed E-state index contributed by atoms with van der Waals surface area (Å²) in [5.74, 6) is 0.367. The minimum absolute atomic E-state index is 0.252. The summed E-state index contributed by atoms with van der Waals surface area (Å²) in [5.41, 5.74) is 7.16. The minimum atomic E-state index is -0.263. The van der Waals surface area contributed by atoms with Crippen molar-refractivity contribution < 1.29 is 4.39 Å². The molecule has 0 bridgehead atoms. The molecule has 0 aromatic heterocycles. The van der Waals surface area contributed by atoms with Crippen LogP contribution in [0.25, 0.3) is 0 Å². The lowest BCUT2D eigenvalue weighted by atomic mass is 10.0. The lowest BCUT2D eigenvalue weighted by molar-refractivity contribution is 0.198. The van der Waals surface area contributed by atoms with E-state index in [0.717, 1.165) is 18.7 Å². The van der Waals surface area contributed by atoms with E-state index in [1.807, 2.05) is 6.07 Å². The van der Waals surface area contributed by atoms with E-state index in [2.05, 4.69) is 18.7 Å². The highest BCUT2D eigenvalue weighted by molar-refractivity contribution is 7.80. The molecule has 2 N–H and O–H groups in total. The van der Waals surface area contributed by atoms with Crippen molar-refractivity contribution in [3.05, 3.63) is 35.1 Å². The van der Waals surface area contributed by atoms with Gasteiger partial charge in [0.2, 0.25) is 0 Å². The van der Waals surface area contributed by atoms with E-state index in [1.165, 1.54) is 18.9 Å². The first-order valence-electron chi connectivity index (χ1n) is 6.80. The summed E-state index contributed by atoms with van der Waals surface area (Å²) < 4.78 is 13.6. The maximum absolute atomic E-state index is 13.6. The zero-order chi connectivity index (χ0) is 14.0. The molecule has 0 aliphatic carbocycles. The van der Waals surface area contributed by atoms with Crippen LogP contribution in [0.2, 0.25) is 0 Å². The van der Waals surface area contributed by atoms with E-state index < -0.39 is 0 Å². The molecule has 1 aromatic rings. The molecule has 4 heteroatoms. The highest BCUT2D eigenvalue weighted by Gasteiger charge is 2.26. The molecule has 2 nitrogen and oxygen atoms in total. The molecule has 1 aliphatic rings. The predicted molar refractivity (Wildman–Crippen MR) is 80.6 cm³/mol. The number of hydrogen-bond acceptors (Lipinski definition) is 2. The standard InChI is InChI=1S/C15H21FN2S/c1-10(2)14-4-3-5-18(14)9-11-6-12(15(17)19)8-13(16)7-11/h6-8,10,14H,3-5,9H2,1-2H3,(H2,17,19). The van der Waals surface area contributed by atoms with E-state index in [-0.39, 0.29) is 10.8 Å². The van der Waals surface area contributed by atoms with Crippen LogP contribution in [0.4, 0.5) is 4.39 Å². The SMILES string of the molecule is CC(C)C1CCCN1Cc1cc(F)cc(C(N)=S)c1. The van der Waals surface area contributed by atoms with Crippen LogP contribution in [0.5, 0.6) is 0 Å². The minimum Gasteiger partial charge on any atom is -0.389 e. The summed E-state index contributed by atoms with van der Waals surface area (Å²) in [6.45, 7) is 6.35. The lowest BCUT2D eigenvalue weighted by Gasteiger charge is -2.27. The predicted octanol–water partition coefficient (Wildman–Crippen LogP) is 3.08. The van der Waals surface area contributed by atoms with Gasteiger partial charge in [-0.1, -0.05) is 26.1 Å². The first kappa shape index (κ1) is 14.4. The third-order valence-electron chi connectivity index (χ3n) is 3.81. The number of benzene rings is 1. The van der Waals surface area contributed by atoms with Crippen molar-refractivity contribution in [1.29, 1.82) is 0 Å². The summed E-state index contributed by atoms with van der Waals surface area (Å²) in [6, 6.07) is 5.48. The summed E-state index contributed by atoms with van der Waals surface area (Å²) in [6.07, 6.45) is 2.45. The van der Waals surface area contributed by atoms with Gasteiger partial charge in [-0.15, -0.1) is 0 Å². The molecule has 1 unspecified atom stereocenters. The van der Waals surface area contributed by atoms with Gasteiger partial charge < -0.3 is 5.73 Å². The van der Waals surface area contributed by atoms with Crippen LogP contribution in [0.1, 0.15) is 37.8 Å². The fraction of sp³-hybridized carbons (Fsp3) is 0.533.